The summed E-state index contributed by atoms with van der Waals surface area (Å²) >= 11 is 0. The zero-order valence-electron chi connectivity index (χ0n) is 26.5. The maximum Gasteiger partial charge on any atom is 0.268 e. The fourth-order valence-corrected chi connectivity index (χ4v) is 4.53. The van der Waals surface area contributed by atoms with Gasteiger partial charge in [-0.25, -0.2) is 0 Å². The van der Waals surface area contributed by atoms with E-state index >= 15 is 0 Å². The number of amides is 1. The van der Waals surface area contributed by atoms with Crippen LogP contribution in [0.4, 0.5) is 0 Å². The minimum absolute atomic E-state index is 0.00349. The molecule has 0 spiro atoms. The van der Waals surface area contributed by atoms with E-state index in [1.807, 2.05) is 33.3 Å². The van der Waals surface area contributed by atoms with Crippen LogP contribution in [0.2, 0.25) is 0 Å². The smallest absolute Gasteiger partial charge is 0.268 e. The van der Waals surface area contributed by atoms with Gasteiger partial charge in [0, 0.05) is 6.42 Å². The van der Waals surface area contributed by atoms with Gasteiger partial charge in [-0.1, -0.05) is 101 Å². The molecule has 0 radical (unpaired) electrons. The average molecular weight is 599 g/mol. The highest BCUT2D eigenvalue weighted by Gasteiger charge is 2.24. The second-order valence-electron chi connectivity index (χ2n) is 11.4. The first-order valence-electron chi connectivity index (χ1n) is 15.5. The Morgan fingerprint density at radius 2 is 1.44 bits per heavy atom. The number of likely N-dealkylation sites (N-methyl/N-ethyl adjacent to an activating group) is 1. The second kappa shape index (κ2) is 25.0. The predicted molar refractivity (Wildman–Crippen MR) is 168 cm³/mol. The number of hydrogen-bond donors (Lipinski definition) is 2. The van der Waals surface area contributed by atoms with Crippen LogP contribution in [0.3, 0.4) is 0 Å². The molecule has 3 unspecified atom stereocenters. The summed E-state index contributed by atoms with van der Waals surface area (Å²) in [6.07, 6.45) is 27.3. The van der Waals surface area contributed by atoms with E-state index in [2.05, 4.69) is 55.6 Å². The number of phosphoric ester groups is 1. The number of aliphatic hydroxyl groups is 1. The van der Waals surface area contributed by atoms with E-state index < -0.39 is 20.0 Å². The molecular weight excluding hydrogens is 539 g/mol. The third-order valence-corrected chi connectivity index (χ3v) is 7.31. The van der Waals surface area contributed by atoms with Gasteiger partial charge in [0.05, 0.1) is 39.9 Å². The maximum absolute atomic E-state index is 12.6. The molecule has 0 bridgehead atoms. The summed E-state index contributed by atoms with van der Waals surface area (Å²) < 4.78 is 22.9. The molecule has 2 N–H and O–H groups in total. The average Bonchev–Trinajstić information content (AvgIpc) is 2.90. The fraction of sp³-hybridized carbons (Fsp3) is 0.719. The highest BCUT2D eigenvalue weighted by Crippen LogP contribution is 2.38. The van der Waals surface area contributed by atoms with Crippen molar-refractivity contribution in [3.05, 3.63) is 48.6 Å². The summed E-state index contributed by atoms with van der Waals surface area (Å²) in [4.78, 5) is 24.9. The Bertz CT molecular complexity index is 819. The number of hydrogen-bond acceptors (Lipinski definition) is 6. The molecule has 0 heterocycles. The van der Waals surface area contributed by atoms with Crippen molar-refractivity contribution in [2.24, 2.45) is 0 Å². The van der Waals surface area contributed by atoms with Gasteiger partial charge in [0.2, 0.25) is 5.91 Å². The molecule has 238 valence electrons. The Labute approximate surface area is 250 Å². The van der Waals surface area contributed by atoms with Gasteiger partial charge in [-0.05, 0) is 38.5 Å². The molecule has 1 amide bonds. The highest BCUT2D eigenvalue weighted by molar-refractivity contribution is 7.45. The lowest BCUT2D eigenvalue weighted by atomic mass is 10.0. The van der Waals surface area contributed by atoms with Crippen LogP contribution in [-0.2, 0) is 18.4 Å². The minimum atomic E-state index is -4.56. The molecule has 0 rings (SSSR count). The zero-order chi connectivity index (χ0) is 30.8. The summed E-state index contributed by atoms with van der Waals surface area (Å²) in [6.45, 7) is 4.42. The van der Waals surface area contributed by atoms with Crippen LogP contribution in [0.25, 0.3) is 0 Å². The van der Waals surface area contributed by atoms with Gasteiger partial charge in [-0.2, -0.15) is 0 Å². The third-order valence-electron chi connectivity index (χ3n) is 6.34. The topological polar surface area (TPSA) is 108 Å². The number of nitrogens with one attached hydrogen (secondary N) is 1. The molecule has 0 aromatic carbocycles. The monoisotopic (exact) mass is 598 g/mol. The third kappa shape index (κ3) is 27.1. The van der Waals surface area contributed by atoms with Gasteiger partial charge in [-0.3, -0.25) is 9.36 Å². The standard InChI is InChI=1S/C32H59N2O6P/c1-6-8-10-12-14-15-16-17-18-19-20-22-24-26-32(36)33-30(31(35)25-23-21-13-11-9-7-2)29-40-41(37,38)39-28-27-34(3,4)5/h8,10,14-15,17-18,20,22,30-31,35H,6-7,9,11-13,16,19,21,23-29H2,1-5H3,(H-,33,36,37,38)/b10-8-,15-14-,18-17-,22-20-. The molecular formula is C32H59N2O6P. The quantitative estimate of drug-likeness (QED) is 0.0518. The molecule has 0 aliphatic heterocycles. The maximum atomic E-state index is 12.6. The van der Waals surface area contributed by atoms with Gasteiger partial charge in [0.15, 0.2) is 0 Å². The summed E-state index contributed by atoms with van der Waals surface area (Å²) in [7, 11) is 1.24. The number of carbonyl (C=O) groups excluding carboxylic acids is 1. The van der Waals surface area contributed by atoms with E-state index in [0.29, 0.717) is 23.9 Å². The molecule has 0 fully saturated rings. The molecule has 0 aliphatic carbocycles. The zero-order valence-corrected chi connectivity index (χ0v) is 27.4. The SMILES string of the molecule is CC/C=C\C/C=C\C/C=C\C/C=C\CCC(=O)NC(COP(=O)([O-])OCC[N+](C)(C)C)C(O)CCCCCCCC. The van der Waals surface area contributed by atoms with Crippen molar-refractivity contribution < 1.29 is 32.9 Å². The normalized spacial score (nSPS) is 15.8. The minimum Gasteiger partial charge on any atom is -0.756 e. The van der Waals surface area contributed by atoms with E-state index in [-0.39, 0.29) is 25.5 Å². The Balaban J connectivity index is 4.67. The largest absolute Gasteiger partial charge is 0.756 e. The molecule has 9 heteroatoms. The Kier molecular flexibility index (Phi) is 24.1. The lowest BCUT2D eigenvalue weighted by Crippen LogP contribution is -2.46. The van der Waals surface area contributed by atoms with Crippen LogP contribution >= 0.6 is 7.82 Å². The van der Waals surface area contributed by atoms with E-state index in [1.165, 1.54) is 12.8 Å². The lowest BCUT2D eigenvalue weighted by molar-refractivity contribution is -0.870. The molecule has 0 saturated heterocycles. The van der Waals surface area contributed by atoms with Crippen LogP contribution in [0.5, 0.6) is 0 Å². The lowest BCUT2D eigenvalue weighted by Gasteiger charge is -2.30. The van der Waals surface area contributed by atoms with Gasteiger partial charge in [-0.15, -0.1) is 0 Å². The Hall–Kier alpha value is -1.54. The van der Waals surface area contributed by atoms with Crippen molar-refractivity contribution in [1.82, 2.24) is 5.32 Å². The second-order valence-corrected chi connectivity index (χ2v) is 12.8. The Morgan fingerprint density at radius 1 is 0.878 bits per heavy atom. The number of phosphoric acid groups is 1. The number of allylic oxidation sites excluding steroid dienone is 8. The van der Waals surface area contributed by atoms with Crippen molar-refractivity contribution in [2.45, 2.75) is 109 Å². The molecule has 0 saturated carbocycles. The summed E-state index contributed by atoms with van der Waals surface area (Å²) in [5.41, 5.74) is 0. The number of nitrogens with zero attached hydrogens (tertiary/aromatic N) is 1. The van der Waals surface area contributed by atoms with Crippen LogP contribution in [-0.4, -0.2) is 68.5 Å². The molecule has 8 nitrogen and oxygen atoms in total. The first kappa shape index (κ1) is 39.5. The molecule has 3 atom stereocenters. The molecule has 0 aliphatic rings. The van der Waals surface area contributed by atoms with Crippen LogP contribution in [0, 0.1) is 0 Å². The molecule has 0 aromatic rings. The summed E-state index contributed by atoms with van der Waals surface area (Å²) in [5.74, 6) is -0.255. The molecule has 0 aromatic heterocycles. The van der Waals surface area contributed by atoms with Gasteiger partial charge < -0.3 is 28.8 Å². The van der Waals surface area contributed by atoms with Gasteiger partial charge >= 0.3 is 0 Å². The number of quaternary nitrogens is 1. The predicted octanol–water partition coefficient (Wildman–Crippen LogP) is 6.38. The van der Waals surface area contributed by atoms with Gasteiger partial charge in [0.1, 0.15) is 13.2 Å². The number of rotatable bonds is 26. The number of unbranched alkanes of at least 4 members (excludes halogenated alkanes) is 5. The van der Waals surface area contributed by atoms with E-state index in [0.717, 1.165) is 51.4 Å². The molecule has 41 heavy (non-hydrogen) atoms. The van der Waals surface area contributed by atoms with Crippen LogP contribution in [0.15, 0.2) is 48.6 Å². The number of aliphatic hydroxyl groups excluding tert-OH is 1. The van der Waals surface area contributed by atoms with Crippen molar-refractivity contribution >= 4 is 13.7 Å². The fourth-order valence-electron chi connectivity index (χ4n) is 3.81. The van der Waals surface area contributed by atoms with Gasteiger partial charge in [0.25, 0.3) is 7.82 Å². The highest BCUT2D eigenvalue weighted by atomic mass is 31.2. The summed E-state index contributed by atoms with van der Waals surface area (Å²) in [6, 6.07) is -0.833. The summed E-state index contributed by atoms with van der Waals surface area (Å²) in [5, 5.41) is 13.5. The van der Waals surface area contributed by atoms with E-state index in [1.54, 1.807) is 0 Å². The van der Waals surface area contributed by atoms with Crippen LogP contribution in [0.1, 0.15) is 97.3 Å². The van der Waals surface area contributed by atoms with Crippen molar-refractivity contribution in [3.8, 4) is 0 Å². The first-order chi connectivity index (χ1) is 19.5. The van der Waals surface area contributed by atoms with Crippen molar-refractivity contribution in [3.63, 3.8) is 0 Å². The van der Waals surface area contributed by atoms with Crippen molar-refractivity contribution in [1.29, 1.82) is 0 Å². The van der Waals surface area contributed by atoms with E-state index in [4.69, 9.17) is 9.05 Å². The Morgan fingerprint density at radius 3 is 2.02 bits per heavy atom. The first-order valence-corrected chi connectivity index (χ1v) is 16.9. The number of carbonyl (C=O) groups is 1. The van der Waals surface area contributed by atoms with Crippen LogP contribution < -0.4 is 10.2 Å². The van der Waals surface area contributed by atoms with Crippen molar-refractivity contribution in [2.75, 3.05) is 40.9 Å². The van der Waals surface area contributed by atoms with E-state index in [9.17, 15) is 19.4 Å².